The monoisotopic (exact) mass is 335 g/mol. The summed E-state index contributed by atoms with van der Waals surface area (Å²) >= 11 is 0. The van der Waals surface area contributed by atoms with Crippen LogP contribution >= 0.6 is 0 Å². The number of benzene rings is 2. The van der Waals surface area contributed by atoms with Gasteiger partial charge in [0.15, 0.2) is 0 Å². The summed E-state index contributed by atoms with van der Waals surface area (Å²) < 4.78 is 7.80. The quantitative estimate of drug-likeness (QED) is 0.733. The van der Waals surface area contributed by atoms with Gasteiger partial charge in [-0.2, -0.15) is 0 Å². The zero-order chi connectivity index (χ0) is 17.4. The molecule has 5 heteroatoms. The summed E-state index contributed by atoms with van der Waals surface area (Å²) in [5.41, 5.74) is 2.91. The van der Waals surface area contributed by atoms with Crippen LogP contribution in [0.3, 0.4) is 0 Å². The first-order chi connectivity index (χ1) is 12.2. The molecule has 25 heavy (non-hydrogen) atoms. The van der Waals surface area contributed by atoms with Crippen LogP contribution in [0.4, 0.5) is 5.69 Å². The molecule has 1 aliphatic heterocycles. The van der Waals surface area contributed by atoms with Crippen molar-refractivity contribution in [3.05, 3.63) is 54.4 Å². The van der Waals surface area contributed by atoms with Gasteiger partial charge in [0.25, 0.3) is 0 Å². The Balaban J connectivity index is 1.67. The van der Waals surface area contributed by atoms with Crippen molar-refractivity contribution in [3.8, 4) is 5.75 Å². The Morgan fingerprint density at radius 3 is 2.72 bits per heavy atom. The summed E-state index contributed by atoms with van der Waals surface area (Å²) in [6, 6.07) is 15.8. The largest absolute Gasteiger partial charge is 0.492 e. The Labute approximate surface area is 146 Å². The van der Waals surface area contributed by atoms with Gasteiger partial charge in [0.05, 0.1) is 23.3 Å². The van der Waals surface area contributed by atoms with Crippen LogP contribution in [0.2, 0.25) is 0 Å². The highest BCUT2D eigenvalue weighted by molar-refractivity contribution is 5.97. The molecule has 1 aliphatic rings. The van der Waals surface area contributed by atoms with E-state index in [0.29, 0.717) is 19.6 Å². The Morgan fingerprint density at radius 1 is 1.16 bits per heavy atom. The average molecular weight is 335 g/mol. The van der Waals surface area contributed by atoms with E-state index in [1.165, 1.54) is 0 Å². The van der Waals surface area contributed by atoms with Gasteiger partial charge in [-0.3, -0.25) is 4.79 Å². The lowest BCUT2D eigenvalue weighted by Gasteiger charge is -2.20. The maximum Gasteiger partial charge on any atom is 0.227 e. The lowest BCUT2D eigenvalue weighted by molar-refractivity contribution is -0.117. The number of hydrogen-bond donors (Lipinski definition) is 0. The summed E-state index contributed by atoms with van der Waals surface area (Å²) in [5.74, 6) is 1.92. The molecule has 128 valence electrons. The number of anilines is 1. The van der Waals surface area contributed by atoms with Gasteiger partial charge in [-0.25, -0.2) is 4.98 Å². The van der Waals surface area contributed by atoms with E-state index < -0.39 is 0 Å². The topological polar surface area (TPSA) is 47.4 Å². The number of rotatable bonds is 4. The van der Waals surface area contributed by atoms with Crippen LogP contribution in [-0.2, 0) is 11.8 Å². The Hall–Kier alpha value is -2.82. The predicted octanol–water partition coefficient (Wildman–Crippen LogP) is 3.49. The van der Waals surface area contributed by atoms with Gasteiger partial charge < -0.3 is 14.2 Å². The van der Waals surface area contributed by atoms with Crippen LogP contribution in [0.5, 0.6) is 5.75 Å². The van der Waals surface area contributed by atoms with E-state index in [1.807, 2.05) is 61.3 Å². The summed E-state index contributed by atoms with van der Waals surface area (Å²) in [4.78, 5) is 19.3. The second kappa shape index (κ2) is 6.24. The molecule has 0 saturated carbocycles. The molecule has 5 nitrogen and oxygen atoms in total. The van der Waals surface area contributed by atoms with Gasteiger partial charge in [-0.15, -0.1) is 0 Å². The zero-order valence-electron chi connectivity index (χ0n) is 14.5. The molecule has 4 rings (SSSR count). The molecule has 1 saturated heterocycles. The van der Waals surface area contributed by atoms with Crippen molar-refractivity contribution in [2.75, 3.05) is 18.1 Å². The van der Waals surface area contributed by atoms with E-state index in [0.717, 1.165) is 28.3 Å². The van der Waals surface area contributed by atoms with Crippen molar-refractivity contribution in [2.45, 2.75) is 19.3 Å². The maximum atomic E-state index is 12.7. The van der Waals surface area contributed by atoms with Crippen molar-refractivity contribution in [3.63, 3.8) is 0 Å². The number of para-hydroxylation sites is 4. The first-order valence-electron chi connectivity index (χ1n) is 8.62. The number of ether oxygens (including phenoxy) is 1. The van der Waals surface area contributed by atoms with Crippen LogP contribution in [0.15, 0.2) is 48.5 Å². The number of fused-ring (bicyclic) bond motifs is 1. The first-order valence-corrected chi connectivity index (χ1v) is 8.62. The SMILES string of the molecule is CCOc1ccccc1N1C[C@@H](c2nc3ccccc3n2C)CC1=O. The number of aryl methyl sites for hydroxylation is 1. The number of nitrogens with zero attached hydrogens (tertiary/aromatic N) is 3. The fraction of sp³-hybridized carbons (Fsp3) is 0.300. The highest BCUT2D eigenvalue weighted by Gasteiger charge is 2.35. The van der Waals surface area contributed by atoms with E-state index in [9.17, 15) is 4.79 Å². The molecule has 2 heterocycles. The molecule has 1 fully saturated rings. The Morgan fingerprint density at radius 2 is 1.92 bits per heavy atom. The fourth-order valence-corrected chi connectivity index (χ4v) is 3.60. The number of aromatic nitrogens is 2. The van der Waals surface area contributed by atoms with Crippen molar-refractivity contribution >= 4 is 22.6 Å². The number of hydrogen-bond acceptors (Lipinski definition) is 3. The van der Waals surface area contributed by atoms with Gasteiger partial charge in [-0.05, 0) is 31.2 Å². The van der Waals surface area contributed by atoms with E-state index in [1.54, 1.807) is 0 Å². The van der Waals surface area contributed by atoms with E-state index in [2.05, 4.69) is 10.6 Å². The standard InChI is InChI=1S/C20H21N3O2/c1-3-25-18-11-7-6-10-17(18)23-13-14(12-19(23)24)20-21-15-8-4-5-9-16(15)22(20)2/h4-11,14H,3,12-13H2,1-2H3/t14-/m0/s1. The minimum atomic E-state index is 0.0829. The Bertz CT molecular complexity index is 932. The molecular formula is C20H21N3O2. The second-order valence-corrected chi connectivity index (χ2v) is 6.32. The maximum absolute atomic E-state index is 12.7. The zero-order valence-corrected chi connectivity index (χ0v) is 14.5. The number of carbonyl (C=O) groups is 1. The van der Waals surface area contributed by atoms with Crippen molar-refractivity contribution in [2.24, 2.45) is 7.05 Å². The van der Waals surface area contributed by atoms with Gasteiger partial charge in [-0.1, -0.05) is 24.3 Å². The van der Waals surface area contributed by atoms with Gasteiger partial charge in [0.1, 0.15) is 11.6 Å². The molecule has 3 aromatic rings. The molecule has 0 aliphatic carbocycles. The van der Waals surface area contributed by atoms with Crippen LogP contribution < -0.4 is 9.64 Å². The van der Waals surface area contributed by atoms with Gasteiger partial charge in [0.2, 0.25) is 5.91 Å². The summed E-state index contributed by atoms with van der Waals surface area (Å²) in [6.45, 7) is 3.15. The van der Waals surface area contributed by atoms with Crippen molar-refractivity contribution in [1.29, 1.82) is 0 Å². The van der Waals surface area contributed by atoms with Crippen molar-refractivity contribution < 1.29 is 9.53 Å². The third kappa shape index (κ3) is 2.65. The summed E-state index contributed by atoms with van der Waals surface area (Å²) in [6.07, 6.45) is 0.470. The van der Waals surface area contributed by atoms with E-state index in [4.69, 9.17) is 9.72 Å². The second-order valence-electron chi connectivity index (χ2n) is 6.32. The smallest absolute Gasteiger partial charge is 0.227 e. The number of carbonyl (C=O) groups excluding carboxylic acids is 1. The van der Waals surface area contributed by atoms with Gasteiger partial charge >= 0.3 is 0 Å². The molecule has 0 N–H and O–H groups in total. The number of amides is 1. The average Bonchev–Trinajstić information content (AvgIpc) is 3.17. The molecule has 1 amide bonds. The molecule has 0 radical (unpaired) electrons. The molecule has 1 atom stereocenters. The highest BCUT2D eigenvalue weighted by Crippen LogP contribution is 2.36. The van der Waals surface area contributed by atoms with Crippen molar-refractivity contribution in [1.82, 2.24) is 9.55 Å². The molecule has 0 bridgehead atoms. The summed E-state index contributed by atoms with van der Waals surface area (Å²) in [7, 11) is 2.02. The van der Waals surface area contributed by atoms with E-state index in [-0.39, 0.29) is 11.8 Å². The first kappa shape index (κ1) is 15.7. The third-order valence-corrected chi connectivity index (χ3v) is 4.77. The molecule has 1 aromatic heterocycles. The molecule has 0 unspecified atom stereocenters. The fourth-order valence-electron chi connectivity index (χ4n) is 3.60. The highest BCUT2D eigenvalue weighted by atomic mass is 16.5. The van der Waals surface area contributed by atoms with Crippen LogP contribution in [0, 0.1) is 0 Å². The minimum Gasteiger partial charge on any atom is -0.492 e. The number of imidazole rings is 1. The minimum absolute atomic E-state index is 0.0829. The normalized spacial score (nSPS) is 17.4. The molecule has 0 spiro atoms. The van der Waals surface area contributed by atoms with Crippen LogP contribution in [-0.4, -0.2) is 28.6 Å². The summed E-state index contributed by atoms with van der Waals surface area (Å²) in [5, 5.41) is 0. The predicted molar refractivity (Wildman–Crippen MR) is 98.0 cm³/mol. The van der Waals surface area contributed by atoms with Crippen LogP contribution in [0.1, 0.15) is 25.1 Å². The van der Waals surface area contributed by atoms with E-state index >= 15 is 0 Å². The lowest BCUT2D eigenvalue weighted by atomic mass is 10.1. The molecule has 2 aromatic carbocycles. The Kier molecular flexibility index (Phi) is 3.92. The lowest BCUT2D eigenvalue weighted by Crippen LogP contribution is -2.25. The van der Waals surface area contributed by atoms with Gasteiger partial charge in [0, 0.05) is 25.9 Å². The van der Waals surface area contributed by atoms with Crippen LogP contribution in [0.25, 0.3) is 11.0 Å². The third-order valence-electron chi connectivity index (χ3n) is 4.77. The molecular weight excluding hydrogens is 314 g/mol.